The van der Waals surface area contributed by atoms with Gasteiger partial charge in [0, 0.05) is 43.1 Å². The number of hydrogen-bond acceptors (Lipinski definition) is 7. The summed E-state index contributed by atoms with van der Waals surface area (Å²) in [6, 6.07) is 2.09. The zero-order chi connectivity index (χ0) is 22.4. The molecule has 0 spiro atoms. The summed E-state index contributed by atoms with van der Waals surface area (Å²) in [5.41, 5.74) is 4.08. The van der Waals surface area contributed by atoms with E-state index in [1.165, 1.54) is 24.0 Å². The van der Waals surface area contributed by atoms with Crippen LogP contribution in [0.25, 0.3) is 10.9 Å². The molecule has 2 atom stereocenters. The summed E-state index contributed by atoms with van der Waals surface area (Å²) in [6.07, 6.45) is -0.279. The number of anilines is 1. The highest BCUT2D eigenvalue weighted by atomic mass is 35.5. The Labute approximate surface area is 180 Å². The van der Waals surface area contributed by atoms with Crippen molar-refractivity contribution in [2.75, 3.05) is 17.3 Å². The molecule has 11 nitrogen and oxygen atoms in total. The predicted molar refractivity (Wildman–Crippen MR) is 108 cm³/mol. The molecule has 2 aliphatic heterocycles. The molecule has 0 bridgehead atoms. The summed E-state index contributed by atoms with van der Waals surface area (Å²) in [5, 5.41) is 20.7. The number of nitrogens with one attached hydrogen (secondary N) is 2. The Kier molecular flexibility index (Phi) is 5.23. The van der Waals surface area contributed by atoms with Gasteiger partial charge >= 0.3 is 11.9 Å². The Morgan fingerprint density at radius 1 is 1.35 bits per heavy atom. The van der Waals surface area contributed by atoms with Crippen molar-refractivity contribution in [1.29, 1.82) is 0 Å². The van der Waals surface area contributed by atoms with Gasteiger partial charge in [0.1, 0.15) is 11.4 Å². The molecule has 1 aromatic heterocycles. The summed E-state index contributed by atoms with van der Waals surface area (Å²) in [5.74, 6) is -2.61. The van der Waals surface area contributed by atoms with Gasteiger partial charge in [-0.3, -0.25) is 19.8 Å². The van der Waals surface area contributed by atoms with Gasteiger partial charge in [0.25, 0.3) is 5.91 Å². The van der Waals surface area contributed by atoms with Crippen molar-refractivity contribution in [2.45, 2.75) is 31.7 Å². The van der Waals surface area contributed by atoms with Crippen LogP contribution in [0.15, 0.2) is 12.1 Å². The minimum atomic E-state index is -1.07. The minimum Gasteiger partial charge on any atom is -0.506 e. The SMILES string of the molecule is CC(=O)N1CC(CCl)c2c1cc(O)c1[nH]c(C(=O)NN3OC(=O)[C@@H]3CCC(=O)O)cc21. The lowest BCUT2D eigenvalue weighted by molar-refractivity contribution is -0.274. The largest absolute Gasteiger partial charge is 0.506 e. The molecule has 1 unspecified atom stereocenters. The van der Waals surface area contributed by atoms with Crippen LogP contribution in [0.2, 0.25) is 0 Å². The Bertz CT molecular complexity index is 1110. The maximum absolute atomic E-state index is 12.7. The van der Waals surface area contributed by atoms with E-state index in [2.05, 4.69) is 10.4 Å². The number of hydrogen-bond donors (Lipinski definition) is 4. The van der Waals surface area contributed by atoms with E-state index in [1.54, 1.807) is 0 Å². The molecule has 1 aromatic carbocycles. The summed E-state index contributed by atoms with van der Waals surface area (Å²) in [7, 11) is 0. The summed E-state index contributed by atoms with van der Waals surface area (Å²) in [4.78, 5) is 56.1. The number of hydroxylamine groups is 1. The number of phenolic OH excluding ortho intramolecular Hbond substituents is 1. The second-order valence-corrected chi connectivity index (χ2v) is 7.71. The first-order valence-corrected chi connectivity index (χ1v) is 10.0. The van der Waals surface area contributed by atoms with Gasteiger partial charge in [-0.25, -0.2) is 4.79 Å². The van der Waals surface area contributed by atoms with Crippen molar-refractivity contribution in [2.24, 2.45) is 0 Å². The zero-order valence-electron chi connectivity index (χ0n) is 16.3. The first-order valence-electron chi connectivity index (χ1n) is 9.47. The van der Waals surface area contributed by atoms with Crippen molar-refractivity contribution in [3.05, 3.63) is 23.4 Å². The number of hydrazine groups is 1. The fourth-order valence-electron chi connectivity index (χ4n) is 3.92. The molecule has 4 rings (SSSR count). The molecule has 1 fully saturated rings. The van der Waals surface area contributed by atoms with E-state index in [4.69, 9.17) is 21.5 Å². The lowest BCUT2D eigenvalue weighted by Crippen LogP contribution is -2.62. The second kappa shape index (κ2) is 7.75. The molecule has 3 heterocycles. The lowest BCUT2D eigenvalue weighted by Gasteiger charge is -2.36. The number of carbonyl (C=O) groups excluding carboxylic acids is 3. The number of fused-ring (bicyclic) bond motifs is 3. The number of H-pyrrole nitrogens is 1. The molecule has 31 heavy (non-hydrogen) atoms. The molecule has 1 saturated heterocycles. The highest BCUT2D eigenvalue weighted by molar-refractivity contribution is 6.19. The van der Waals surface area contributed by atoms with Gasteiger partial charge in [-0.2, -0.15) is 0 Å². The number of aliphatic carboxylic acids is 1. The Morgan fingerprint density at radius 3 is 2.71 bits per heavy atom. The van der Waals surface area contributed by atoms with Crippen LogP contribution < -0.4 is 10.3 Å². The van der Waals surface area contributed by atoms with Gasteiger partial charge in [0.05, 0.1) is 11.2 Å². The molecule has 2 aromatic rings. The summed E-state index contributed by atoms with van der Waals surface area (Å²) in [6.45, 7) is 1.79. The molecule has 164 valence electrons. The number of carboxylic acids is 1. The summed E-state index contributed by atoms with van der Waals surface area (Å²) >= 11 is 6.11. The normalized spacial score (nSPS) is 20.3. The number of aromatic hydroxyl groups is 1. The number of carbonyl (C=O) groups is 4. The Balaban J connectivity index is 1.62. The molecular formula is C19H19ClN4O7. The Hall–Kier alpha value is -3.31. The second-order valence-electron chi connectivity index (χ2n) is 7.41. The van der Waals surface area contributed by atoms with E-state index < -0.39 is 23.9 Å². The van der Waals surface area contributed by atoms with Gasteiger partial charge in [-0.1, -0.05) is 0 Å². The average molecular weight is 451 g/mol. The van der Waals surface area contributed by atoms with Crippen molar-refractivity contribution < 1.29 is 34.2 Å². The van der Waals surface area contributed by atoms with Gasteiger partial charge in [0.2, 0.25) is 5.91 Å². The molecule has 2 amide bonds. The van der Waals surface area contributed by atoms with Gasteiger partial charge in [0.15, 0.2) is 6.04 Å². The number of phenols is 1. The lowest BCUT2D eigenvalue weighted by atomic mass is 9.98. The molecular weight excluding hydrogens is 432 g/mol. The molecule has 12 heteroatoms. The zero-order valence-corrected chi connectivity index (χ0v) is 17.1. The van der Waals surface area contributed by atoms with E-state index >= 15 is 0 Å². The number of aromatic nitrogens is 1. The molecule has 0 aliphatic carbocycles. The van der Waals surface area contributed by atoms with Crippen molar-refractivity contribution in [1.82, 2.24) is 15.6 Å². The number of rotatable bonds is 6. The highest BCUT2D eigenvalue weighted by Gasteiger charge is 2.42. The third-order valence-corrected chi connectivity index (χ3v) is 5.79. The van der Waals surface area contributed by atoms with Crippen molar-refractivity contribution in [3.8, 4) is 5.75 Å². The van der Waals surface area contributed by atoms with Crippen LogP contribution in [-0.2, 0) is 19.2 Å². The van der Waals surface area contributed by atoms with E-state index in [-0.39, 0.29) is 42.0 Å². The van der Waals surface area contributed by atoms with Gasteiger partial charge in [-0.05, 0) is 23.2 Å². The maximum atomic E-state index is 12.7. The van der Waals surface area contributed by atoms with E-state index in [0.29, 0.717) is 23.1 Å². The molecule has 4 N–H and O–H groups in total. The number of carboxylic acid groups (broad SMARTS) is 1. The number of nitrogens with zero attached hydrogens (tertiary/aromatic N) is 2. The third kappa shape index (κ3) is 3.55. The number of aromatic amines is 1. The van der Waals surface area contributed by atoms with Crippen LogP contribution in [0, 0.1) is 0 Å². The third-order valence-electron chi connectivity index (χ3n) is 5.41. The molecule has 0 radical (unpaired) electrons. The van der Waals surface area contributed by atoms with Crippen LogP contribution in [0.3, 0.4) is 0 Å². The van der Waals surface area contributed by atoms with Crippen LogP contribution in [0.1, 0.15) is 41.7 Å². The van der Waals surface area contributed by atoms with Gasteiger partial charge < -0.3 is 24.9 Å². The average Bonchev–Trinajstić information content (AvgIpc) is 3.29. The first-order chi connectivity index (χ1) is 14.7. The van der Waals surface area contributed by atoms with Crippen LogP contribution in [0.5, 0.6) is 5.75 Å². The highest BCUT2D eigenvalue weighted by Crippen LogP contribution is 2.45. The van der Waals surface area contributed by atoms with Crippen LogP contribution >= 0.6 is 11.6 Å². The van der Waals surface area contributed by atoms with E-state index in [0.717, 1.165) is 10.7 Å². The fraction of sp³-hybridized carbons (Fsp3) is 0.368. The molecule has 2 aliphatic rings. The Morgan fingerprint density at radius 2 is 2.10 bits per heavy atom. The number of benzene rings is 1. The van der Waals surface area contributed by atoms with Gasteiger partial charge in [-0.15, -0.1) is 11.6 Å². The topological polar surface area (TPSA) is 152 Å². The predicted octanol–water partition coefficient (Wildman–Crippen LogP) is 1.21. The number of amides is 2. The van der Waals surface area contributed by atoms with E-state index in [9.17, 15) is 24.3 Å². The number of halogens is 1. The first kappa shape index (κ1) is 20.9. The van der Waals surface area contributed by atoms with Crippen molar-refractivity contribution >= 4 is 51.9 Å². The quantitative estimate of drug-likeness (QED) is 0.479. The number of alkyl halides is 1. The maximum Gasteiger partial charge on any atom is 0.350 e. The standard InChI is InChI=1S/C19H19ClN4O7/c1-8(25)23-7-9(6-20)16-10-4-11(21-17(10)14(26)5-13(16)23)18(29)22-24-12(19(30)31-24)2-3-15(27)28/h4-5,9,12,21,26H,2-3,6-7H2,1H3,(H,22,29)(H,27,28)/t9?,12-/m0/s1. The van der Waals surface area contributed by atoms with E-state index in [1.807, 2.05) is 0 Å². The minimum absolute atomic E-state index is 0.0201. The fourth-order valence-corrected chi connectivity index (χ4v) is 4.17. The van der Waals surface area contributed by atoms with Crippen LogP contribution in [0.4, 0.5) is 5.69 Å². The molecule has 0 saturated carbocycles. The monoisotopic (exact) mass is 450 g/mol. The smallest absolute Gasteiger partial charge is 0.350 e. The van der Waals surface area contributed by atoms with Crippen molar-refractivity contribution in [3.63, 3.8) is 0 Å². The van der Waals surface area contributed by atoms with Crippen LogP contribution in [-0.4, -0.2) is 62.6 Å². The summed E-state index contributed by atoms with van der Waals surface area (Å²) < 4.78 is 0.